The van der Waals surface area contributed by atoms with Crippen molar-refractivity contribution in [1.29, 1.82) is 0 Å². The van der Waals surface area contributed by atoms with Crippen LogP contribution in [-0.2, 0) is 0 Å². The van der Waals surface area contributed by atoms with Crippen LogP contribution in [0.5, 0.6) is 0 Å². The summed E-state index contributed by atoms with van der Waals surface area (Å²) in [6.45, 7) is 5.85. The number of aliphatic hydroxyl groups excluding tert-OH is 1. The Kier molecular flexibility index (Phi) is 5.36. The van der Waals surface area contributed by atoms with E-state index < -0.39 is 0 Å². The fraction of sp³-hybridized carbons (Fsp3) is 0.467. The van der Waals surface area contributed by atoms with E-state index in [4.69, 9.17) is 9.63 Å². The second-order valence-corrected chi connectivity index (χ2v) is 6.56. The molecule has 6 heteroatoms. The largest absolute Gasteiger partial charge is 0.396 e. The maximum Gasteiger partial charge on any atom is 0.239 e. The first-order valence-electron chi connectivity index (χ1n) is 6.84. The quantitative estimate of drug-likeness (QED) is 0.883. The third kappa shape index (κ3) is 4.04. The number of aliphatic hydroxyl groups is 1. The lowest BCUT2D eigenvalue weighted by molar-refractivity contribution is 0.250. The van der Waals surface area contributed by atoms with Crippen LogP contribution in [0.2, 0.25) is 0 Å². The first-order chi connectivity index (χ1) is 10.0. The maximum absolute atomic E-state index is 13.3. The van der Waals surface area contributed by atoms with Gasteiger partial charge in [-0.05, 0) is 49.3 Å². The Hall–Kier alpha value is -1.40. The van der Waals surface area contributed by atoms with E-state index in [9.17, 15) is 4.39 Å². The minimum atomic E-state index is -0.246. The highest BCUT2D eigenvalue weighted by Crippen LogP contribution is 2.30. The summed E-state index contributed by atoms with van der Waals surface area (Å²) in [5.41, 5.74) is 1.29. The zero-order valence-electron chi connectivity index (χ0n) is 12.3. The van der Waals surface area contributed by atoms with Crippen molar-refractivity contribution in [2.45, 2.75) is 26.0 Å². The molecule has 0 fully saturated rings. The molecule has 0 radical (unpaired) electrons. The predicted molar refractivity (Wildman–Crippen MR) is 81.6 cm³/mol. The van der Waals surface area contributed by atoms with Gasteiger partial charge in [-0.1, -0.05) is 12.1 Å². The van der Waals surface area contributed by atoms with E-state index in [-0.39, 0.29) is 23.6 Å². The van der Waals surface area contributed by atoms with Crippen molar-refractivity contribution in [3.05, 3.63) is 35.5 Å². The highest BCUT2D eigenvalue weighted by molar-refractivity contribution is 7.99. The number of aromatic nitrogens is 2. The number of hydrogen-bond donors (Lipinski definition) is 1. The van der Waals surface area contributed by atoms with Gasteiger partial charge in [0.25, 0.3) is 0 Å². The third-order valence-electron chi connectivity index (χ3n) is 3.15. The third-order valence-corrected chi connectivity index (χ3v) is 4.61. The van der Waals surface area contributed by atoms with Gasteiger partial charge in [-0.15, -0.1) is 11.8 Å². The molecule has 0 saturated heterocycles. The number of thioether (sulfide) groups is 1. The van der Waals surface area contributed by atoms with Crippen molar-refractivity contribution < 1.29 is 14.0 Å². The Labute approximate surface area is 127 Å². The lowest BCUT2D eigenvalue weighted by atomic mass is 10.1. The Morgan fingerprint density at radius 3 is 2.81 bits per heavy atom. The van der Waals surface area contributed by atoms with Gasteiger partial charge < -0.3 is 9.63 Å². The number of halogens is 1. The minimum Gasteiger partial charge on any atom is -0.396 e. The van der Waals surface area contributed by atoms with Crippen molar-refractivity contribution in [2.24, 2.45) is 5.92 Å². The van der Waals surface area contributed by atoms with Crippen molar-refractivity contribution in [1.82, 2.24) is 10.1 Å². The molecule has 1 heterocycles. The average Bonchev–Trinajstić information content (AvgIpc) is 2.97. The van der Waals surface area contributed by atoms with E-state index in [1.165, 1.54) is 6.07 Å². The molecule has 0 saturated carbocycles. The van der Waals surface area contributed by atoms with Gasteiger partial charge in [-0.3, -0.25) is 0 Å². The second-order valence-electron chi connectivity index (χ2n) is 5.18. The summed E-state index contributed by atoms with van der Waals surface area (Å²) in [4.78, 5) is 4.37. The summed E-state index contributed by atoms with van der Waals surface area (Å²) in [5.74, 6) is 1.83. The highest BCUT2D eigenvalue weighted by atomic mass is 32.2. The number of benzene rings is 1. The number of nitrogens with zero attached hydrogens (tertiary/aromatic N) is 2. The van der Waals surface area contributed by atoms with E-state index in [0.717, 1.165) is 11.3 Å². The summed E-state index contributed by atoms with van der Waals surface area (Å²) < 4.78 is 18.5. The van der Waals surface area contributed by atoms with E-state index in [0.29, 0.717) is 17.3 Å². The summed E-state index contributed by atoms with van der Waals surface area (Å²) in [6, 6.07) is 4.75. The number of hydrogen-bond acceptors (Lipinski definition) is 5. The summed E-state index contributed by atoms with van der Waals surface area (Å²) in [6.07, 6.45) is 0. The van der Waals surface area contributed by atoms with Crippen molar-refractivity contribution in [2.75, 3.05) is 12.4 Å². The van der Waals surface area contributed by atoms with E-state index in [1.54, 1.807) is 30.8 Å². The van der Waals surface area contributed by atoms with Gasteiger partial charge in [0.1, 0.15) is 5.82 Å². The van der Waals surface area contributed by atoms with Gasteiger partial charge in [0.2, 0.25) is 11.7 Å². The topological polar surface area (TPSA) is 59.2 Å². The molecule has 0 aliphatic rings. The second kappa shape index (κ2) is 7.04. The SMILES string of the molecule is Cc1cc(-c2noc(C(C)SCC(C)CO)n2)ccc1F. The standard InChI is InChI=1S/C15H19FN2O2S/c1-9(7-19)8-21-11(3)15-17-14(18-20-15)12-4-5-13(16)10(2)6-12/h4-6,9,11,19H,7-8H2,1-3H3. The van der Waals surface area contributed by atoms with Crippen molar-refractivity contribution >= 4 is 11.8 Å². The summed E-state index contributed by atoms with van der Waals surface area (Å²) in [7, 11) is 0. The molecule has 21 heavy (non-hydrogen) atoms. The van der Waals surface area contributed by atoms with Crippen LogP contribution in [0.25, 0.3) is 11.4 Å². The van der Waals surface area contributed by atoms with Gasteiger partial charge >= 0.3 is 0 Å². The molecular weight excluding hydrogens is 291 g/mol. The number of rotatable bonds is 6. The normalized spacial score (nSPS) is 14.1. The molecular formula is C15H19FN2O2S. The fourth-order valence-corrected chi connectivity index (χ4v) is 2.69. The van der Waals surface area contributed by atoms with E-state index in [2.05, 4.69) is 10.1 Å². The average molecular weight is 310 g/mol. The van der Waals surface area contributed by atoms with E-state index >= 15 is 0 Å². The van der Waals surface area contributed by atoms with Gasteiger partial charge in [0.15, 0.2) is 0 Å². The molecule has 0 bridgehead atoms. The maximum atomic E-state index is 13.3. The molecule has 1 aromatic carbocycles. The van der Waals surface area contributed by atoms with Gasteiger partial charge in [0, 0.05) is 12.2 Å². The minimum absolute atomic E-state index is 0.0572. The smallest absolute Gasteiger partial charge is 0.239 e. The van der Waals surface area contributed by atoms with Crippen molar-refractivity contribution in [3.63, 3.8) is 0 Å². The first-order valence-corrected chi connectivity index (χ1v) is 7.88. The lowest BCUT2D eigenvalue weighted by Gasteiger charge is -2.09. The Bertz CT molecular complexity index is 603. The predicted octanol–water partition coefficient (Wildman–Crippen LogP) is 3.61. The molecule has 0 aliphatic heterocycles. The van der Waals surface area contributed by atoms with Crippen LogP contribution >= 0.6 is 11.8 Å². The molecule has 2 atom stereocenters. The molecule has 0 amide bonds. The monoisotopic (exact) mass is 310 g/mol. The Balaban J connectivity index is 2.08. The van der Waals surface area contributed by atoms with Crippen LogP contribution in [0.4, 0.5) is 4.39 Å². The zero-order chi connectivity index (χ0) is 15.4. The number of aryl methyl sites for hydroxylation is 1. The van der Waals surface area contributed by atoms with Crippen LogP contribution < -0.4 is 0 Å². The Morgan fingerprint density at radius 1 is 1.38 bits per heavy atom. The molecule has 1 N–H and O–H groups in total. The molecule has 2 rings (SSSR count). The molecule has 4 nitrogen and oxygen atoms in total. The molecule has 114 valence electrons. The van der Waals surface area contributed by atoms with Crippen LogP contribution in [0.15, 0.2) is 22.7 Å². The van der Waals surface area contributed by atoms with Crippen LogP contribution in [-0.4, -0.2) is 27.6 Å². The molecule has 0 aliphatic carbocycles. The van der Waals surface area contributed by atoms with Gasteiger partial charge in [0.05, 0.1) is 5.25 Å². The molecule has 2 unspecified atom stereocenters. The zero-order valence-corrected chi connectivity index (χ0v) is 13.2. The van der Waals surface area contributed by atoms with Crippen molar-refractivity contribution in [3.8, 4) is 11.4 Å². The molecule has 0 spiro atoms. The van der Waals surface area contributed by atoms with Gasteiger partial charge in [-0.2, -0.15) is 4.98 Å². The Morgan fingerprint density at radius 2 is 2.14 bits per heavy atom. The van der Waals surface area contributed by atoms with E-state index in [1.807, 2.05) is 13.8 Å². The molecule has 2 aromatic rings. The fourth-order valence-electron chi connectivity index (χ4n) is 1.73. The van der Waals surface area contributed by atoms with Crippen LogP contribution in [0.3, 0.4) is 0 Å². The highest BCUT2D eigenvalue weighted by Gasteiger charge is 2.17. The van der Waals surface area contributed by atoms with Crippen LogP contribution in [0.1, 0.15) is 30.6 Å². The lowest BCUT2D eigenvalue weighted by Crippen LogP contribution is -2.04. The summed E-state index contributed by atoms with van der Waals surface area (Å²) >= 11 is 1.66. The first kappa shape index (κ1) is 16.0. The summed E-state index contributed by atoms with van der Waals surface area (Å²) in [5, 5.41) is 13.0. The van der Waals surface area contributed by atoms with Gasteiger partial charge in [-0.25, -0.2) is 4.39 Å². The van der Waals surface area contributed by atoms with Crippen LogP contribution in [0, 0.1) is 18.7 Å². The molecule has 1 aromatic heterocycles.